The number of methoxy groups -OCH3 is 1. The van der Waals surface area contributed by atoms with Crippen LogP contribution in [0.1, 0.15) is 12.8 Å². The van der Waals surface area contributed by atoms with E-state index >= 15 is 0 Å². The lowest BCUT2D eigenvalue weighted by molar-refractivity contribution is 0.414. The maximum Gasteiger partial charge on any atom is 0.245 e. The predicted octanol–water partition coefficient (Wildman–Crippen LogP) is 3.58. The van der Waals surface area contributed by atoms with Gasteiger partial charge in [0.2, 0.25) is 8.32 Å². The molecular weight excluding hydrogens is 230 g/mol. The van der Waals surface area contributed by atoms with Gasteiger partial charge in [0.05, 0.1) is 13.2 Å². The summed E-state index contributed by atoms with van der Waals surface area (Å²) in [6.45, 7) is 4.35. The van der Waals surface area contributed by atoms with Crippen molar-refractivity contribution in [2.24, 2.45) is 0 Å². The van der Waals surface area contributed by atoms with Crippen LogP contribution in [0.25, 0.3) is 0 Å². The zero-order chi connectivity index (χ0) is 12.7. The van der Waals surface area contributed by atoms with Gasteiger partial charge in [-0.25, -0.2) is 0 Å². The summed E-state index contributed by atoms with van der Waals surface area (Å²) in [5.41, 5.74) is 0. The molecule has 17 heavy (non-hydrogen) atoms. The van der Waals surface area contributed by atoms with Gasteiger partial charge >= 0.3 is 0 Å². The zero-order valence-corrected chi connectivity index (χ0v) is 11.7. The lowest BCUT2D eigenvalue weighted by atomic mass is 10.3. The molecule has 92 valence electrons. The van der Waals surface area contributed by atoms with Crippen molar-refractivity contribution >= 4 is 8.32 Å². The number of hydrogen-bond acceptors (Lipinski definition) is 3. The lowest BCUT2D eigenvalue weighted by Gasteiger charge is -2.23. The van der Waals surface area contributed by atoms with Gasteiger partial charge in [-0.1, -0.05) is 0 Å². The Hall–Kier alpha value is -1.47. The van der Waals surface area contributed by atoms with Crippen molar-refractivity contribution in [1.29, 1.82) is 5.26 Å². The van der Waals surface area contributed by atoms with Crippen molar-refractivity contribution in [2.45, 2.75) is 32.0 Å². The molecule has 0 aliphatic carbocycles. The fraction of sp³-hybridized carbons (Fsp3) is 0.462. The average Bonchev–Trinajstić information content (AvgIpc) is 2.30. The van der Waals surface area contributed by atoms with Crippen molar-refractivity contribution in [3.63, 3.8) is 0 Å². The number of nitriles is 1. The highest BCUT2D eigenvalue weighted by Gasteiger charge is 2.23. The SMILES string of the molecule is COc1ccc(O[Si](C)(C)CCCC#N)cc1. The third-order valence-corrected chi connectivity index (χ3v) is 4.87. The van der Waals surface area contributed by atoms with Crippen LogP contribution in [-0.2, 0) is 0 Å². The summed E-state index contributed by atoms with van der Waals surface area (Å²) in [6.07, 6.45) is 1.54. The van der Waals surface area contributed by atoms with E-state index in [2.05, 4.69) is 19.2 Å². The second kappa shape index (κ2) is 6.31. The predicted molar refractivity (Wildman–Crippen MR) is 70.8 cm³/mol. The molecule has 0 aliphatic heterocycles. The second-order valence-electron chi connectivity index (χ2n) is 4.55. The van der Waals surface area contributed by atoms with Crippen LogP contribution < -0.4 is 9.16 Å². The Bertz CT molecular complexity index is 381. The summed E-state index contributed by atoms with van der Waals surface area (Å²) < 4.78 is 11.1. The van der Waals surface area contributed by atoms with Gasteiger partial charge in [-0.3, -0.25) is 0 Å². The minimum absolute atomic E-state index is 0.613. The van der Waals surface area contributed by atoms with Crippen LogP contribution >= 0.6 is 0 Å². The molecule has 4 heteroatoms. The molecular formula is C13H19NO2Si. The molecule has 0 N–H and O–H groups in total. The van der Waals surface area contributed by atoms with Gasteiger partial charge in [0.15, 0.2) is 0 Å². The van der Waals surface area contributed by atoms with Crippen LogP contribution in [0.3, 0.4) is 0 Å². The maximum atomic E-state index is 8.52. The molecule has 0 spiro atoms. The fourth-order valence-corrected chi connectivity index (χ4v) is 3.51. The average molecular weight is 249 g/mol. The topological polar surface area (TPSA) is 42.2 Å². The van der Waals surface area contributed by atoms with E-state index in [1.165, 1.54) is 0 Å². The molecule has 1 rings (SSSR count). The van der Waals surface area contributed by atoms with Crippen LogP contribution in [0.15, 0.2) is 24.3 Å². The smallest absolute Gasteiger partial charge is 0.245 e. The standard InChI is InChI=1S/C13H19NO2Si/c1-15-12-6-8-13(9-7-12)16-17(2,3)11-5-4-10-14/h6-9H,4-5,11H2,1-3H3. The molecule has 3 nitrogen and oxygen atoms in total. The summed E-state index contributed by atoms with van der Waals surface area (Å²) in [7, 11) is -0.0516. The highest BCUT2D eigenvalue weighted by Crippen LogP contribution is 2.23. The van der Waals surface area contributed by atoms with E-state index < -0.39 is 8.32 Å². The van der Waals surface area contributed by atoms with Gasteiger partial charge in [-0.2, -0.15) is 5.26 Å². The highest BCUT2D eigenvalue weighted by atomic mass is 28.4. The van der Waals surface area contributed by atoms with Gasteiger partial charge < -0.3 is 9.16 Å². The Morgan fingerprint density at radius 3 is 2.29 bits per heavy atom. The Morgan fingerprint density at radius 1 is 1.18 bits per heavy atom. The minimum atomic E-state index is -1.70. The number of ether oxygens (including phenoxy) is 1. The second-order valence-corrected chi connectivity index (χ2v) is 8.77. The Morgan fingerprint density at radius 2 is 1.76 bits per heavy atom. The van der Waals surface area contributed by atoms with Gasteiger partial charge in [0.25, 0.3) is 0 Å². The van der Waals surface area contributed by atoms with Crippen LogP contribution in [0, 0.1) is 11.3 Å². The molecule has 0 saturated heterocycles. The number of nitrogens with zero attached hydrogens (tertiary/aromatic N) is 1. The molecule has 0 atom stereocenters. The first-order valence-electron chi connectivity index (χ1n) is 5.77. The first-order chi connectivity index (χ1) is 8.07. The summed E-state index contributed by atoms with van der Waals surface area (Å²) in [5.74, 6) is 1.72. The lowest BCUT2D eigenvalue weighted by Crippen LogP contribution is -2.33. The van der Waals surface area contributed by atoms with E-state index in [0.717, 1.165) is 24.0 Å². The summed E-state index contributed by atoms with van der Waals surface area (Å²) in [4.78, 5) is 0. The Kier molecular flexibility index (Phi) is 5.04. The summed E-state index contributed by atoms with van der Waals surface area (Å²) in [5, 5.41) is 8.52. The van der Waals surface area contributed by atoms with E-state index in [1.807, 2.05) is 24.3 Å². The molecule has 0 heterocycles. The van der Waals surface area contributed by atoms with Gasteiger partial charge in [0, 0.05) is 6.42 Å². The van der Waals surface area contributed by atoms with Crippen molar-refractivity contribution in [3.05, 3.63) is 24.3 Å². The van der Waals surface area contributed by atoms with Crippen molar-refractivity contribution < 1.29 is 9.16 Å². The van der Waals surface area contributed by atoms with E-state index in [0.29, 0.717) is 6.42 Å². The Balaban J connectivity index is 2.53. The first-order valence-corrected chi connectivity index (χ1v) is 8.89. The third-order valence-electron chi connectivity index (χ3n) is 2.52. The molecule has 1 aromatic rings. The Labute approximate surface area is 104 Å². The van der Waals surface area contributed by atoms with Gasteiger partial charge in [-0.15, -0.1) is 0 Å². The molecule has 0 radical (unpaired) electrons. The molecule has 0 aromatic heterocycles. The zero-order valence-electron chi connectivity index (χ0n) is 10.7. The highest BCUT2D eigenvalue weighted by molar-refractivity contribution is 6.71. The monoisotopic (exact) mass is 249 g/mol. The number of benzene rings is 1. The third kappa shape index (κ3) is 4.92. The van der Waals surface area contributed by atoms with E-state index in [4.69, 9.17) is 14.4 Å². The van der Waals surface area contributed by atoms with Crippen molar-refractivity contribution in [2.75, 3.05) is 7.11 Å². The van der Waals surface area contributed by atoms with Gasteiger partial charge in [0.1, 0.15) is 11.5 Å². The molecule has 0 amide bonds. The maximum absolute atomic E-state index is 8.52. The van der Waals surface area contributed by atoms with Crippen LogP contribution in [0.2, 0.25) is 19.1 Å². The first kappa shape index (κ1) is 13.6. The molecule has 1 aromatic carbocycles. The molecule has 0 unspecified atom stereocenters. The number of unbranched alkanes of at least 4 members (excludes halogenated alkanes) is 1. The van der Waals surface area contributed by atoms with E-state index in [1.54, 1.807) is 7.11 Å². The molecule has 0 bridgehead atoms. The number of hydrogen-bond donors (Lipinski definition) is 0. The van der Waals surface area contributed by atoms with E-state index in [-0.39, 0.29) is 0 Å². The molecule has 0 aliphatic rings. The van der Waals surface area contributed by atoms with E-state index in [9.17, 15) is 0 Å². The van der Waals surface area contributed by atoms with Crippen LogP contribution in [0.5, 0.6) is 11.5 Å². The summed E-state index contributed by atoms with van der Waals surface area (Å²) >= 11 is 0. The number of rotatable bonds is 6. The summed E-state index contributed by atoms with van der Waals surface area (Å²) in [6, 6.07) is 10.8. The van der Waals surface area contributed by atoms with Crippen molar-refractivity contribution in [3.8, 4) is 17.6 Å². The van der Waals surface area contributed by atoms with Gasteiger partial charge in [-0.05, 0) is 49.8 Å². The quantitative estimate of drug-likeness (QED) is 0.571. The van der Waals surface area contributed by atoms with Crippen molar-refractivity contribution in [1.82, 2.24) is 0 Å². The largest absolute Gasteiger partial charge is 0.544 e. The normalized spacial score (nSPS) is 10.7. The fourth-order valence-electron chi connectivity index (χ4n) is 1.61. The molecule has 0 saturated carbocycles. The van der Waals surface area contributed by atoms with Crippen LogP contribution in [-0.4, -0.2) is 15.4 Å². The minimum Gasteiger partial charge on any atom is -0.544 e. The molecule has 0 fully saturated rings. The van der Waals surface area contributed by atoms with Crippen LogP contribution in [0.4, 0.5) is 0 Å².